The molecule has 0 radical (unpaired) electrons. The fraction of sp³-hybridized carbons (Fsp3) is 0.526. The molecule has 130 valence electrons. The minimum Gasteiger partial charge on any atom is -0.393 e. The molecule has 0 spiro atoms. The summed E-state index contributed by atoms with van der Waals surface area (Å²) in [7, 11) is 1.94. The van der Waals surface area contributed by atoms with Crippen LogP contribution in [0, 0.1) is 6.92 Å². The minimum absolute atomic E-state index is 0.0592. The summed E-state index contributed by atoms with van der Waals surface area (Å²) >= 11 is 0. The van der Waals surface area contributed by atoms with E-state index in [1.54, 1.807) is 4.68 Å². The second kappa shape index (κ2) is 6.95. The van der Waals surface area contributed by atoms with Crippen LogP contribution in [-0.4, -0.2) is 38.1 Å². The standard InChI is InChI=1S/C19H27N3O2/c1-14(23)12-17-10-7-11-21(17)13-18-15(2)20(3)22(19(18)24)16-8-5-4-6-9-16/h4-6,8-9,14,17,23H,7,10-13H2,1-3H3. The van der Waals surface area contributed by atoms with Crippen molar-refractivity contribution in [2.24, 2.45) is 7.05 Å². The number of hydrogen-bond acceptors (Lipinski definition) is 3. The van der Waals surface area contributed by atoms with Crippen molar-refractivity contribution in [2.75, 3.05) is 6.54 Å². The summed E-state index contributed by atoms with van der Waals surface area (Å²) in [6.45, 7) is 5.51. The lowest BCUT2D eigenvalue weighted by atomic mass is 10.1. The van der Waals surface area contributed by atoms with E-state index in [0.29, 0.717) is 12.6 Å². The van der Waals surface area contributed by atoms with E-state index in [-0.39, 0.29) is 11.7 Å². The summed E-state index contributed by atoms with van der Waals surface area (Å²) < 4.78 is 3.68. The molecule has 5 heteroatoms. The van der Waals surface area contributed by atoms with Crippen LogP contribution in [0.1, 0.15) is 37.4 Å². The van der Waals surface area contributed by atoms with Crippen LogP contribution >= 0.6 is 0 Å². The molecule has 2 unspecified atom stereocenters. The maximum atomic E-state index is 13.0. The monoisotopic (exact) mass is 329 g/mol. The third-order valence-corrected chi connectivity index (χ3v) is 5.15. The van der Waals surface area contributed by atoms with Crippen molar-refractivity contribution in [3.05, 3.63) is 51.9 Å². The molecular formula is C19H27N3O2. The van der Waals surface area contributed by atoms with Crippen molar-refractivity contribution in [3.63, 3.8) is 0 Å². The highest BCUT2D eigenvalue weighted by Crippen LogP contribution is 2.24. The molecule has 24 heavy (non-hydrogen) atoms. The van der Waals surface area contributed by atoms with Crippen LogP contribution in [0.4, 0.5) is 0 Å². The van der Waals surface area contributed by atoms with Crippen molar-refractivity contribution >= 4 is 0 Å². The number of aliphatic hydroxyl groups excluding tert-OH is 1. The van der Waals surface area contributed by atoms with E-state index in [9.17, 15) is 9.90 Å². The highest BCUT2D eigenvalue weighted by molar-refractivity contribution is 5.33. The summed E-state index contributed by atoms with van der Waals surface area (Å²) in [5.41, 5.74) is 2.82. The Morgan fingerprint density at radius 1 is 1.29 bits per heavy atom. The third-order valence-electron chi connectivity index (χ3n) is 5.15. The Bertz CT molecular complexity index is 746. The van der Waals surface area contributed by atoms with Crippen LogP contribution in [0.3, 0.4) is 0 Å². The molecule has 3 rings (SSSR count). The summed E-state index contributed by atoms with van der Waals surface area (Å²) in [6, 6.07) is 10.1. The quantitative estimate of drug-likeness (QED) is 0.915. The van der Waals surface area contributed by atoms with E-state index in [0.717, 1.165) is 42.8 Å². The summed E-state index contributed by atoms with van der Waals surface area (Å²) in [5.74, 6) is 0. The van der Waals surface area contributed by atoms with Crippen LogP contribution in [-0.2, 0) is 13.6 Å². The molecule has 0 amide bonds. The molecule has 2 aromatic rings. The number of nitrogens with zero attached hydrogens (tertiary/aromatic N) is 3. The average molecular weight is 329 g/mol. The maximum absolute atomic E-state index is 13.0. The normalized spacial score (nSPS) is 19.8. The fourth-order valence-corrected chi connectivity index (χ4v) is 3.77. The van der Waals surface area contributed by atoms with Gasteiger partial charge in [-0.25, -0.2) is 4.68 Å². The molecule has 1 saturated heterocycles. The second-order valence-electron chi connectivity index (χ2n) is 6.89. The first kappa shape index (κ1) is 17.0. The van der Waals surface area contributed by atoms with Crippen molar-refractivity contribution in [2.45, 2.75) is 51.8 Å². The lowest BCUT2D eigenvalue weighted by Crippen LogP contribution is -2.33. The predicted molar refractivity (Wildman–Crippen MR) is 95.5 cm³/mol. The van der Waals surface area contributed by atoms with Crippen molar-refractivity contribution in [3.8, 4) is 5.69 Å². The summed E-state index contributed by atoms with van der Waals surface area (Å²) in [4.78, 5) is 15.3. The number of para-hydroxylation sites is 1. The first-order chi connectivity index (χ1) is 11.5. The van der Waals surface area contributed by atoms with E-state index in [2.05, 4.69) is 4.90 Å². The molecule has 1 aliphatic heterocycles. The predicted octanol–water partition coefficient (Wildman–Crippen LogP) is 2.22. The first-order valence-electron chi connectivity index (χ1n) is 8.74. The van der Waals surface area contributed by atoms with Gasteiger partial charge < -0.3 is 5.11 Å². The second-order valence-corrected chi connectivity index (χ2v) is 6.89. The zero-order chi connectivity index (χ0) is 17.3. The Morgan fingerprint density at radius 3 is 2.67 bits per heavy atom. The summed E-state index contributed by atoms with van der Waals surface area (Å²) in [6.07, 6.45) is 2.71. The number of benzene rings is 1. The molecule has 0 aliphatic carbocycles. The van der Waals surface area contributed by atoms with Gasteiger partial charge in [-0.2, -0.15) is 0 Å². The molecule has 1 aromatic carbocycles. The minimum atomic E-state index is -0.298. The first-order valence-corrected chi connectivity index (χ1v) is 8.74. The van der Waals surface area contributed by atoms with Crippen molar-refractivity contribution in [1.82, 2.24) is 14.3 Å². The number of hydrogen-bond donors (Lipinski definition) is 1. The van der Waals surface area contributed by atoms with Gasteiger partial charge in [0.05, 0.1) is 17.4 Å². The van der Waals surface area contributed by atoms with Gasteiger partial charge in [-0.3, -0.25) is 14.4 Å². The van der Waals surface area contributed by atoms with Gasteiger partial charge in [-0.15, -0.1) is 0 Å². The largest absolute Gasteiger partial charge is 0.393 e. The molecule has 1 aliphatic rings. The molecule has 1 fully saturated rings. The Labute approximate surface area is 143 Å². The number of aromatic nitrogens is 2. The van der Waals surface area contributed by atoms with Gasteiger partial charge >= 0.3 is 0 Å². The zero-order valence-corrected chi connectivity index (χ0v) is 14.8. The smallest absolute Gasteiger partial charge is 0.276 e. The molecule has 1 aromatic heterocycles. The zero-order valence-electron chi connectivity index (χ0n) is 14.8. The Morgan fingerprint density at radius 2 is 2.00 bits per heavy atom. The highest BCUT2D eigenvalue weighted by atomic mass is 16.3. The third kappa shape index (κ3) is 3.19. The van der Waals surface area contributed by atoms with Gasteiger partial charge in [0.25, 0.3) is 5.56 Å². The van der Waals surface area contributed by atoms with E-state index in [1.807, 2.05) is 55.9 Å². The lowest BCUT2D eigenvalue weighted by molar-refractivity contribution is 0.130. The van der Waals surface area contributed by atoms with Crippen LogP contribution in [0.25, 0.3) is 5.69 Å². The Balaban J connectivity index is 1.91. The van der Waals surface area contributed by atoms with Crippen molar-refractivity contribution < 1.29 is 5.11 Å². The fourth-order valence-electron chi connectivity index (χ4n) is 3.77. The van der Waals surface area contributed by atoms with Gasteiger partial charge in [-0.05, 0) is 51.8 Å². The molecule has 2 atom stereocenters. The average Bonchev–Trinajstić information content (AvgIpc) is 3.06. The van der Waals surface area contributed by atoms with Gasteiger partial charge in [0.15, 0.2) is 0 Å². The maximum Gasteiger partial charge on any atom is 0.276 e. The highest BCUT2D eigenvalue weighted by Gasteiger charge is 2.28. The SMILES string of the molecule is Cc1c(CN2CCCC2CC(C)O)c(=O)n(-c2ccccc2)n1C. The van der Waals surface area contributed by atoms with Gasteiger partial charge in [0.2, 0.25) is 0 Å². The van der Waals surface area contributed by atoms with E-state index >= 15 is 0 Å². The summed E-state index contributed by atoms with van der Waals surface area (Å²) in [5, 5.41) is 9.71. The lowest BCUT2D eigenvalue weighted by Gasteiger charge is -2.25. The number of rotatable bonds is 5. The molecule has 5 nitrogen and oxygen atoms in total. The van der Waals surface area contributed by atoms with Crippen LogP contribution in [0.2, 0.25) is 0 Å². The van der Waals surface area contributed by atoms with Crippen LogP contribution in [0.5, 0.6) is 0 Å². The molecular weight excluding hydrogens is 302 g/mol. The topological polar surface area (TPSA) is 50.4 Å². The number of likely N-dealkylation sites (tertiary alicyclic amines) is 1. The van der Waals surface area contributed by atoms with Crippen LogP contribution < -0.4 is 5.56 Å². The molecule has 2 heterocycles. The van der Waals surface area contributed by atoms with Gasteiger partial charge in [0, 0.05) is 25.3 Å². The van der Waals surface area contributed by atoms with Gasteiger partial charge in [-0.1, -0.05) is 18.2 Å². The van der Waals surface area contributed by atoms with Crippen LogP contribution in [0.15, 0.2) is 35.1 Å². The Kier molecular flexibility index (Phi) is 4.92. The van der Waals surface area contributed by atoms with Gasteiger partial charge in [0.1, 0.15) is 0 Å². The van der Waals surface area contributed by atoms with Crippen molar-refractivity contribution in [1.29, 1.82) is 0 Å². The van der Waals surface area contributed by atoms with E-state index in [4.69, 9.17) is 0 Å². The molecule has 1 N–H and O–H groups in total. The molecule has 0 bridgehead atoms. The number of aliphatic hydroxyl groups is 1. The van der Waals surface area contributed by atoms with E-state index < -0.39 is 0 Å². The molecule has 0 saturated carbocycles. The Hall–Kier alpha value is -1.85. The van der Waals surface area contributed by atoms with E-state index in [1.165, 1.54) is 0 Å².